The molecule has 2 heterocycles. The third-order valence-corrected chi connectivity index (χ3v) is 5.89. The Hall–Kier alpha value is -0.660. The van der Waals surface area contributed by atoms with E-state index < -0.39 is 11.2 Å². The summed E-state index contributed by atoms with van der Waals surface area (Å²) in [4.78, 5) is 0. The van der Waals surface area contributed by atoms with Crippen LogP contribution in [0.3, 0.4) is 0 Å². The first-order chi connectivity index (χ1) is 17.6. The Morgan fingerprint density at radius 3 is 1.75 bits per heavy atom. The highest BCUT2D eigenvalue weighted by Gasteiger charge is 2.27. The van der Waals surface area contributed by atoms with Crippen molar-refractivity contribution in [2.75, 3.05) is 112 Å². The molecule has 212 valence electrons. The fourth-order valence-corrected chi connectivity index (χ4v) is 3.68. The highest BCUT2D eigenvalue weighted by atomic mass is 16.6. The van der Waals surface area contributed by atoms with Gasteiger partial charge in [-0.2, -0.15) is 0 Å². The molecule has 0 aromatic rings. The van der Waals surface area contributed by atoms with E-state index in [1.54, 1.807) is 6.08 Å². The maximum Gasteiger partial charge on any atom is 0.104 e. The summed E-state index contributed by atoms with van der Waals surface area (Å²) in [5.41, 5.74) is -1.01. The van der Waals surface area contributed by atoms with E-state index in [2.05, 4.69) is 6.58 Å². The lowest BCUT2D eigenvalue weighted by molar-refractivity contribution is -0.136. The molecule has 0 aromatic heterocycles. The number of rotatable bonds is 4. The van der Waals surface area contributed by atoms with Crippen LogP contribution < -0.4 is 0 Å². The van der Waals surface area contributed by atoms with Crippen molar-refractivity contribution >= 4 is 0 Å². The first kappa shape index (κ1) is 31.6. The molecule has 2 saturated heterocycles. The van der Waals surface area contributed by atoms with Crippen LogP contribution in [0.15, 0.2) is 12.7 Å². The van der Waals surface area contributed by atoms with Crippen LogP contribution in [-0.4, -0.2) is 130 Å². The second-order valence-electron chi connectivity index (χ2n) is 9.43. The van der Waals surface area contributed by atoms with Crippen molar-refractivity contribution in [2.45, 2.75) is 44.0 Å². The van der Waals surface area contributed by atoms with Crippen LogP contribution in [-0.2, 0) is 47.4 Å². The monoisotopic (exact) mass is 520 g/mol. The Morgan fingerprint density at radius 1 is 0.667 bits per heavy atom. The van der Waals surface area contributed by atoms with Crippen LogP contribution in [0.2, 0.25) is 0 Å². The van der Waals surface area contributed by atoms with Crippen LogP contribution >= 0.6 is 0 Å². The Bertz CT molecular complexity index is 551. The minimum atomic E-state index is -0.512. The van der Waals surface area contributed by atoms with Gasteiger partial charge in [0, 0.05) is 26.1 Å². The van der Waals surface area contributed by atoms with Gasteiger partial charge in [-0.3, -0.25) is 0 Å². The highest BCUT2D eigenvalue weighted by molar-refractivity contribution is 4.76. The molecule has 10 heteroatoms. The summed E-state index contributed by atoms with van der Waals surface area (Å²) in [6, 6.07) is 0. The van der Waals surface area contributed by atoms with E-state index in [4.69, 9.17) is 47.4 Å². The van der Waals surface area contributed by atoms with Gasteiger partial charge >= 0.3 is 0 Å². The van der Waals surface area contributed by atoms with Crippen molar-refractivity contribution in [3.63, 3.8) is 0 Å². The van der Waals surface area contributed by atoms with E-state index in [1.807, 2.05) is 13.8 Å². The molecule has 2 aliphatic heterocycles. The number of ether oxygens (including phenoxy) is 10. The predicted molar refractivity (Wildman–Crippen MR) is 134 cm³/mol. The van der Waals surface area contributed by atoms with E-state index in [0.29, 0.717) is 125 Å². The fraction of sp³-hybridized carbons (Fsp3) is 0.923. The molecule has 0 spiro atoms. The summed E-state index contributed by atoms with van der Waals surface area (Å²) < 4.78 is 58.9. The van der Waals surface area contributed by atoms with Crippen LogP contribution in [0.1, 0.15) is 26.7 Å². The van der Waals surface area contributed by atoms with Gasteiger partial charge in [-0.25, -0.2) is 0 Å². The Balaban J connectivity index is 2.05. The molecular weight excluding hydrogens is 472 g/mol. The average Bonchev–Trinajstić information content (AvgIpc) is 2.86. The quantitative estimate of drug-likeness (QED) is 0.405. The molecule has 0 amide bonds. The van der Waals surface area contributed by atoms with Crippen molar-refractivity contribution in [3.05, 3.63) is 12.7 Å². The zero-order chi connectivity index (χ0) is 25.8. The molecule has 2 rings (SSSR count). The Kier molecular flexibility index (Phi) is 17.0. The Labute approximate surface area is 216 Å². The maximum absolute atomic E-state index is 6.21. The zero-order valence-corrected chi connectivity index (χ0v) is 22.4. The summed E-state index contributed by atoms with van der Waals surface area (Å²) in [6.45, 7) is 15.6. The third kappa shape index (κ3) is 14.9. The van der Waals surface area contributed by atoms with E-state index >= 15 is 0 Å². The van der Waals surface area contributed by atoms with Gasteiger partial charge in [-0.1, -0.05) is 6.08 Å². The molecule has 2 bridgehead atoms. The van der Waals surface area contributed by atoms with Crippen LogP contribution in [0.5, 0.6) is 0 Å². The van der Waals surface area contributed by atoms with Gasteiger partial charge in [0.05, 0.1) is 110 Å². The molecule has 3 unspecified atom stereocenters. The fourth-order valence-electron chi connectivity index (χ4n) is 3.68. The van der Waals surface area contributed by atoms with Gasteiger partial charge in [0.15, 0.2) is 0 Å². The molecule has 2 fully saturated rings. The predicted octanol–water partition coefficient (Wildman–Crippen LogP) is 2.03. The van der Waals surface area contributed by atoms with Gasteiger partial charge in [0.25, 0.3) is 0 Å². The van der Waals surface area contributed by atoms with Crippen LogP contribution in [0.25, 0.3) is 0 Å². The molecule has 3 atom stereocenters. The lowest BCUT2D eigenvalue weighted by Crippen LogP contribution is -2.38. The van der Waals surface area contributed by atoms with E-state index in [0.717, 1.165) is 0 Å². The van der Waals surface area contributed by atoms with Crippen LogP contribution in [0, 0.1) is 0 Å². The van der Waals surface area contributed by atoms with Crippen molar-refractivity contribution < 1.29 is 47.4 Å². The Morgan fingerprint density at radius 2 is 1.17 bits per heavy atom. The van der Waals surface area contributed by atoms with Gasteiger partial charge in [-0.05, 0) is 13.8 Å². The molecule has 0 aromatic carbocycles. The molecule has 0 saturated carbocycles. The van der Waals surface area contributed by atoms with E-state index in [1.165, 1.54) is 0 Å². The van der Waals surface area contributed by atoms with Crippen molar-refractivity contribution in [1.29, 1.82) is 0 Å². The van der Waals surface area contributed by atoms with Gasteiger partial charge in [0.1, 0.15) is 6.10 Å². The summed E-state index contributed by atoms with van der Waals surface area (Å²) in [5, 5.41) is 0. The normalized spacial score (nSPS) is 32.4. The SMILES string of the molecule is C=CCOCC1COCCOC2(C)CCOCCOCCC(C)(COCCOCCOC2)OCCO1. The third-order valence-electron chi connectivity index (χ3n) is 5.89. The molecule has 0 aliphatic carbocycles. The summed E-state index contributed by atoms with van der Waals surface area (Å²) in [5.74, 6) is 0. The van der Waals surface area contributed by atoms with Gasteiger partial charge < -0.3 is 47.4 Å². The summed E-state index contributed by atoms with van der Waals surface area (Å²) in [6.07, 6.45) is 2.86. The topological polar surface area (TPSA) is 92.3 Å². The largest absolute Gasteiger partial charge is 0.379 e. The molecule has 10 nitrogen and oxygen atoms in total. The van der Waals surface area contributed by atoms with Crippen molar-refractivity contribution in [3.8, 4) is 0 Å². The lowest BCUT2D eigenvalue weighted by Gasteiger charge is -2.30. The zero-order valence-electron chi connectivity index (χ0n) is 22.4. The van der Waals surface area contributed by atoms with E-state index in [9.17, 15) is 0 Å². The standard InChI is InChI=1S/C26H48O10/c1-4-7-30-20-24-21-31-16-18-35-25(2)5-8-27-10-11-28-9-6-26(3,36-19-17-34-24)23-33-15-13-29-12-14-32-22-25/h4,24H,1,5-23H2,2-3H3. The minimum absolute atomic E-state index is 0.223. The summed E-state index contributed by atoms with van der Waals surface area (Å²) >= 11 is 0. The molecule has 2 aliphatic rings. The first-order valence-electron chi connectivity index (χ1n) is 13.1. The molecule has 0 N–H and O–H groups in total. The first-order valence-corrected chi connectivity index (χ1v) is 13.1. The minimum Gasteiger partial charge on any atom is -0.379 e. The summed E-state index contributed by atoms with van der Waals surface area (Å²) in [7, 11) is 0. The average molecular weight is 521 g/mol. The molecular formula is C26H48O10. The van der Waals surface area contributed by atoms with Gasteiger partial charge in [-0.15, -0.1) is 6.58 Å². The highest BCUT2D eigenvalue weighted by Crippen LogP contribution is 2.18. The number of hydrogen-bond donors (Lipinski definition) is 0. The van der Waals surface area contributed by atoms with E-state index in [-0.39, 0.29) is 6.10 Å². The van der Waals surface area contributed by atoms with Crippen molar-refractivity contribution in [2.24, 2.45) is 0 Å². The maximum atomic E-state index is 6.21. The molecule has 0 radical (unpaired) electrons. The number of fused-ring (bicyclic) bond motifs is 9. The van der Waals surface area contributed by atoms with Crippen molar-refractivity contribution in [1.82, 2.24) is 0 Å². The second kappa shape index (κ2) is 19.4. The smallest absolute Gasteiger partial charge is 0.104 e. The second-order valence-corrected chi connectivity index (χ2v) is 9.43. The van der Waals surface area contributed by atoms with Gasteiger partial charge in [0.2, 0.25) is 0 Å². The molecule has 36 heavy (non-hydrogen) atoms. The van der Waals surface area contributed by atoms with Crippen LogP contribution in [0.4, 0.5) is 0 Å². The number of hydrogen-bond acceptors (Lipinski definition) is 10. The lowest BCUT2D eigenvalue weighted by atomic mass is 10.0.